The van der Waals surface area contributed by atoms with Crippen LogP contribution in [0.5, 0.6) is 0 Å². The van der Waals surface area contributed by atoms with E-state index in [0.29, 0.717) is 12.2 Å². The van der Waals surface area contributed by atoms with Gasteiger partial charge in [0.25, 0.3) is 0 Å². The number of hydrogen-bond acceptors (Lipinski definition) is 4. The number of rotatable bonds is 6. The maximum Gasteiger partial charge on any atom is 0.326 e. The Balaban J connectivity index is 1.89. The van der Waals surface area contributed by atoms with E-state index in [1.54, 1.807) is 19.1 Å². The summed E-state index contributed by atoms with van der Waals surface area (Å²) in [6.07, 6.45) is 1.49. The molecule has 1 N–H and O–H groups in total. The second kappa shape index (κ2) is 5.31. The molecule has 0 saturated heterocycles. The molecule has 0 unspecified atom stereocenters. The number of carbonyl (C=O) groups is 2. The van der Waals surface area contributed by atoms with Gasteiger partial charge >= 0.3 is 5.97 Å². The van der Waals surface area contributed by atoms with E-state index in [9.17, 15) is 9.59 Å². The number of nitrogens with one attached hydrogen (secondary N) is 1. The lowest BCUT2D eigenvalue weighted by atomic mass is 10.1. The van der Waals surface area contributed by atoms with Crippen LogP contribution in [0.1, 0.15) is 30.1 Å². The average molecular weight is 247 g/mol. The van der Waals surface area contributed by atoms with E-state index in [1.165, 1.54) is 0 Å². The van der Waals surface area contributed by atoms with Gasteiger partial charge in [0, 0.05) is 5.56 Å². The highest BCUT2D eigenvalue weighted by Crippen LogP contribution is 2.36. The van der Waals surface area contributed by atoms with Crippen LogP contribution in [0.15, 0.2) is 30.3 Å². The molecular formula is C14H17NO3. The van der Waals surface area contributed by atoms with Crippen LogP contribution in [-0.2, 0) is 9.53 Å². The number of benzene rings is 1. The van der Waals surface area contributed by atoms with Crippen molar-refractivity contribution < 1.29 is 14.3 Å². The monoisotopic (exact) mass is 247 g/mol. The lowest BCUT2D eigenvalue weighted by Gasteiger charge is -2.15. The van der Waals surface area contributed by atoms with Crippen molar-refractivity contribution in [2.45, 2.75) is 25.3 Å². The molecule has 0 aromatic heterocycles. The summed E-state index contributed by atoms with van der Waals surface area (Å²) >= 11 is 0. The fraction of sp³-hybridized carbons (Fsp3) is 0.429. The molecule has 0 heterocycles. The Hall–Kier alpha value is -1.68. The largest absolute Gasteiger partial charge is 0.465 e. The van der Waals surface area contributed by atoms with Gasteiger partial charge in [0.2, 0.25) is 0 Å². The topological polar surface area (TPSA) is 55.4 Å². The Bertz CT molecular complexity index is 438. The maximum atomic E-state index is 11.9. The summed E-state index contributed by atoms with van der Waals surface area (Å²) in [5.41, 5.74) is 0.0464. The molecule has 0 atom stereocenters. The first-order chi connectivity index (χ1) is 8.68. The molecule has 18 heavy (non-hydrogen) atoms. The van der Waals surface area contributed by atoms with Crippen LogP contribution in [0, 0.1) is 0 Å². The summed E-state index contributed by atoms with van der Waals surface area (Å²) in [7, 11) is 0. The summed E-state index contributed by atoms with van der Waals surface area (Å²) in [5.74, 6) is -0.253. The molecule has 0 spiro atoms. The lowest BCUT2D eigenvalue weighted by Crippen LogP contribution is -2.43. The molecule has 0 aliphatic heterocycles. The Morgan fingerprint density at radius 3 is 2.50 bits per heavy atom. The molecule has 96 valence electrons. The predicted octanol–water partition coefficient (Wildman–Crippen LogP) is 1.55. The fourth-order valence-corrected chi connectivity index (χ4v) is 1.82. The lowest BCUT2D eigenvalue weighted by molar-refractivity contribution is -0.146. The van der Waals surface area contributed by atoms with Gasteiger partial charge in [0.05, 0.1) is 13.2 Å². The summed E-state index contributed by atoms with van der Waals surface area (Å²) in [6.45, 7) is 2.32. The Kier molecular flexibility index (Phi) is 3.77. The molecular weight excluding hydrogens is 230 g/mol. The molecule has 1 aromatic carbocycles. The second-order valence-electron chi connectivity index (χ2n) is 4.45. The van der Waals surface area contributed by atoms with Crippen LogP contribution in [0.25, 0.3) is 0 Å². The van der Waals surface area contributed by atoms with E-state index in [2.05, 4.69) is 5.32 Å². The molecule has 1 saturated carbocycles. The summed E-state index contributed by atoms with van der Waals surface area (Å²) in [4.78, 5) is 23.6. The van der Waals surface area contributed by atoms with E-state index in [-0.39, 0.29) is 18.3 Å². The zero-order valence-electron chi connectivity index (χ0n) is 10.4. The van der Waals surface area contributed by atoms with Crippen LogP contribution in [0.2, 0.25) is 0 Å². The first-order valence-corrected chi connectivity index (χ1v) is 6.18. The zero-order chi connectivity index (χ0) is 13.0. The number of esters is 1. The van der Waals surface area contributed by atoms with E-state index < -0.39 is 5.54 Å². The predicted molar refractivity (Wildman–Crippen MR) is 67.4 cm³/mol. The van der Waals surface area contributed by atoms with Gasteiger partial charge in [-0.1, -0.05) is 30.3 Å². The van der Waals surface area contributed by atoms with Gasteiger partial charge in [0.1, 0.15) is 5.54 Å². The van der Waals surface area contributed by atoms with E-state index in [4.69, 9.17) is 4.74 Å². The van der Waals surface area contributed by atoms with Crippen molar-refractivity contribution >= 4 is 11.8 Å². The molecule has 1 aliphatic carbocycles. The zero-order valence-corrected chi connectivity index (χ0v) is 10.4. The third kappa shape index (κ3) is 2.76. The Morgan fingerprint density at radius 2 is 1.94 bits per heavy atom. The first kappa shape index (κ1) is 12.8. The van der Waals surface area contributed by atoms with E-state index in [1.807, 2.05) is 18.2 Å². The third-order valence-corrected chi connectivity index (χ3v) is 3.10. The molecule has 1 aliphatic rings. The Labute approximate surface area is 106 Å². The van der Waals surface area contributed by atoms with Crippen LogP contribution in [0.4, 0.5) is 0 Å². The van der Waals surface area contributed by atoms with Crippen LogP contribution in [-0.4, -0.2) is 30.4 Å². The first-order valence-electron chi connectivity index (χ1n) is 6.18. The minimum Gasteiger partial charge on any atom is -0.465 e. The molecule has 1 aromatic rings. The fourth-order valence-electron chi connectivity index (χ4n) is 1.82. The van der Waals surface area contributed by atoms with Crippen molar-refractivity contribution in [2.75, 3.05) is 13.2 Å². The van der Waals surface area contributed by atoms with Crippen molar-refractivity contribution in [3.63, 3.8) is 0 Å². The van der Waals surface area contributed by atoms with Gasteiger partial charge in [-0.15, -0.1) is 0 Å². The second-order valence-corrected chi connectivity index (χ2v) is 4.45. The molecule has 0 radical (unpaired) electrons. The number of hydrogen-bond donors (Lipinski definition) is 1. The molecule has 1 fully saturated rings. The van der Waals surface area contributed by atoms with Crippen molar-refractivity contribution in [3.05, 3.63) is 35.9 Å². The maximum absolute atomic E-state index is 11.9. The van der Waals surface area contributed by atoms with Crippen molar-refractivity contribution in [1.82, 2.24) is 5.32 Å². The summed E-state index contributed by atoms with van der Waals surface area (Å²) < 4.78 is 4.99. The van der Waals surface area contributed by atoms with Gasteiger partial charge < -0.3 is 4.74 Å². The van der Waals surface area contributed by atoms with Crippen molar-refractivity contribution in [1.29, 1.82) is 0 Å². The Morgan fingerprint density at radius 1 is 1.28 bits per heavy atom. The van der Waals surface area contributed by atoms with Gasteiger partial charge in [0.15, 0.2) is 5.78 Å². The standard InChI is InChI=1S/C14H17NO3/c1-2-18-13(17)14(8-9-14)15-10-12(16)11-6-4-3-5-7-11/h3-7,15H,2,8-10H2,1H3. The molecule has 2 rings (SSSR count). The third-order valence-electron chi connectivity index (χ3n) is 3.10. The highest BCUT2D eigenvalue weighted by Gasteiger charge is 2.51. The molecule has 4 nitrogen and oxygen atoms in total. The van der Waals surface area contributed by atoms with Crippen LogP contribution in [0.3, 0.4) is 0 Å². The average Bonchev–Trinajstić information content (AvgIpc) is 3.18. The SMILES string of the molecule is CCOC(=O)C1(NCC(=O)c2ccccc2)CC1. The highest BCUT2D eigenvalue weighted by atomic mass is 16.5. The van der Waals surface area contributed by atoms with Gasteiger partial charge in [-0.3, -0.25) is 14.9 Å². The normalized spacial score (nSPS) is 16.1. The van der Waals surface area contributed by atoms with Crippen LogP contribution < -0.4 is 5.32 Å². The smallest absolute Gasteiger partial charge is 0.326 e. The van der Waals surface area contributed by atoms with Gasteiger partial charge in [-0.2, -0.15) is 0 Å². The summed E-state index contributed by atoms with van der Waals surface area (Å²) in [5, 5.41) is 3.03. The molecule has 0 amide bonds. The number of Topliss-reactive ketones (excluding diaryl/α,β-unsaturated/α-hetero) is 1. The number of ketones is 1. The number of ether oxygens (including phenoxy) is 1. The quantitative estimate of drug-likeness (QED) is 0.612. The van der Waals surface area contributed by atoms with E-state index in [0.717, 1.165) is 12.8 Å². The minimum atomic E-state index is -0.611. The van der Waals surface area contributed by atoms with E-state index >= 15 is 0 Å². The van der Waals surface area contributed by atoms with Crippen LogP contribution >= 0.6 is 0 Å². The van der Waals surface area contributed by atoms with Gasteiger partial charge in [-0.05, 0) is 19.8 Å². The number of carbonyl (C=O) groups excluding carboxylic acids is 2. The molecule has 4 heteroatoms. The minimum absolute atomic E-state index is 0.00817. The van der Waals surface area contributed by atoms with Crippen molar-refractivity contribution in [2.24, 2.45) is 0 Å². The summed E-state index contributed by atoms with van der Waals surface area (Å²) in [6, 6.07) is 9.06. The highest BCUT2D eigenvalue weighted by molar-refractivity contribution is 5.98. The van der Waals surface area contributed by atoms with Gasteiger partial charge in [-0.25, -0.2) is 0 Å². The van der Waals surface area contributed by atoms with Crippen molar-refractivity contribution in [3.8, 4) is 0 Å². The molecule has 0 bridgehead atoms.